The van der Waals surface area contributed by atoms with Gasteiger partial charge in [0.25, 0.3) is 0 Å². The molecule has 5 aromatic rings. The molecule has 19 heteroatoms. The molecule has 2 aromatic carbocycles. The smallest absolute Gasteiger partial charge is 0.375 e. The van der Waals surface area contributed by atoms with E-state index in [0.717, 1.165) is 28.9 Å². The van der Waals surface area contributed by atoms with E-state index in [4.69, 9.17) is 14.3 Å². The summed E-state index contributed by atoms with van der Waals surface area (Å²) in [6, 6.07) is 2.38. The van der Waals surface area contributed by atoms with Crippen molar-refractivity contribution in [3.63, 3.8) is 0 Å². The summed E-state index contributed by atoms with van der Waals surface area (Å²) in [7, 11) is 1.47. The number of amides is 1. The maximum atomic E-state index is 13.8. The number of fused-ring (bicyclic) bond motifs is 2. The SMILES string of the molecule is Cn1cc(-c2c(C(=O)OCc3cn(CC(=O)NC(CCC(=O)O)C(=O)O)nn3)oc3cc(O)c(O)cc3c2=O)c(=O)c2cc(O)c(O)cc21. The number of ether oxygens (including phenoxy) is 1. The molecule has 19 nitrogen and oxygen atoms in total. The van der Waals surface area contributed by atoms with Crippen molar-refractivity contribution in [2.75, 3.05) is 0 Å². The summed E-state index contributed by atoms with van der Waals surface area (Å²) < 4.78 is 13.3. The normalized spacial score (nSPS) is 11.8. The third kappa shape index (κ3) is 6.80. The zero-order chi connectivity index (χ0) is 35.7. The van der Waals surface area contributed by atoms with E-state index in [1.807, 2.05) is 0 Å². The van der Waals surface area contributed by atoms with Crippen LogP contribution < -0.4 is 16.2 Å². The molecule has 1 unspecified atom stereocenters. The molecule has 3 heterocycles. The lowest BCUT2D eigenvalue weighted by molar-refractivity contribution is -0.143. The molecular weight excluding hydrogens is 654 g/mol. The van der Waals surface area contributed by atoms with Crippen molar-refractivity contribution in [3.05, 3.63) is 68.6 Å². The van der Waals surface area contributed by atoms with Gasteiger partial charge in [0.05, 0.1) is 33.6 Å². The minimum atomic E-state index is -1.47. The maximum Gasteiger partial charge on any atom is 0.375 e. The molecule has 5 rings (SSSR count). The number of carboxylic acids is 2. The van der Waals surface area contributed by atoms with Gasteiger partial charge in [0, 0.05) is 31.8 Å². The van der Waals surface area contributed by atoms with E-state index < -0.39 is 94.6 Å². The highest BCUT2D eigenvalue weighted by molar-refractivity contribution is 5.99. The molecule has 0 aliphatic heterocycles. The number of aryl methyl sites for hydroxylation is 1. The van der Waals surface area contributed by atoms with Crippen molar-refractivity contribution in [2.45, 2.75) is 32.0 Å². The van der Waals surface area contributed by atoms with Crippen molar-refractivity contribution in [1.82, 2.24) is 24.9 Å². The van der Waals surface area contributed by atoms with Crippen LogP contribution in [0.5, 0.6) is 23.0 Å². The first-order valence-corrected chi connectivity index (χ1v) is 14.0. The minimum absolute atomic E-state index is 0.0223. The van der Waals surface area contributed by atoms with Gasteiger partial charge in [-0.15, -0.1) is 5.10 Å². The van der Waals surface area contributed by atoms with Crippen LogP contribution in [0.3, 0.4) is 0 Å². The first kappa shape index (κ1) is 33.4. The fourth-order valence-corrected chi connectivity index (χ4v) is 4.89. The van der Waals surface area contributed by atoms with E-state index >= 15 is 0 Å². The number of carbonyl (C=O) groups is 4. The second-order valence-corrected chi connectivity index (χ2v) is 10.7. The number of aromatic nitrogens is 4. The Morgan fingerprint density at radius 1 is 0.918 bits per heavy atom. The summed E-state index contributed by atoms with van der Waals surface area (Å²) in [5.41, 5.74) is -2.99. The average Bonchev–Trinajstić information content (AvgIpc) is 3.48. The number of phenols is 4. The third-order valence-electron chi connectivity index (χ3n) is 7.25. The lowest BCUT2D eigenvalue weighted by atomic mass is 10.0. The number of benzene rings is 2. The quantitative estimate of drug-likeness (QED) is 0.0739. The van der Waals surface area contributed by atoms with Gasteiger partial charge in [0.1, 0.15) is 30.5 Å². The summed E-state index contributed by atoms with van der Waals surface area (Å²) >= 11 is 0. The predicted octanol–water partition coefficient (Wildman–Crippen LogP) is 0.517. The Hall–Kier alpha value is -6.92. The zero-order valence-corrected chi connectivity index (χ0v) is 25.1. The van der Waals surface area contributed by atoms with E-state index in [9.17, 15) is 54.3 Å². The van der Waals surface area contributed by atoms with E-state index in [0.29, 0.717) is 0 Å². The molecule has 49 heavy (non-hydrogen) atoms. The predicted molar refractivity (Wildman–Crippen MR) is 163 cm³/mol. The number of hydrogen-bond acceptors (Lipinski definition) is 14. The molecule has 254 valence electrons. The lowest BCUT2D eigenvalue weighted by Crippen LogP contribution is -2.42. The summed E-state index contributed by atoms with van der Waals surface area (Å²) in [6.45, 7) is -1.14. The number of hydrogen-bond donors (Lipinski definition) is 7. The Bertz CT molecular complexity index is 2310. The number of rotatable bonds is 11. The lowest BCUT2D eigenvalue weighted by Gasteiger charge is -2.13. The van der Waals surface area contributed by atoms with Gasteiger partial charge in [0.2, 0.25) is 17.1 Å². The Balaban J connectivity index is 1.46. The number of nitrogens with zero attached hydrogens (tertiary/aromatic N) is 4. The van der Waals surface area contributed by atoms with Crippen LogP contribution in [0.25, 0.3) is 33.0 Å². The summed E-state index contributed by atoms with van der Waals surface area (Å²) in [6.07, 6.45) is 1.50. The molecule has 0 aliphatic rings. The van der Waals surface area contributed by atoms with Gasteiger partial charge in [-0.1, -0.05) is 5.21 Å². The van der Waals surface area contributed by atoms with Gasteiger partial charge in [-0.25, -0.2) is 14.3 Å². The van der Waals surface area contributed by atoms with Crippen LogP contribution in [0.1, 0.15) is 29.1 Å². The minimum Gasteiger partial charge on any atom is -0.504 e. The number of aliphatic carboxylic acids is 2. The van der Waals surface area contributed by atoms with Gasteiger partial charge in [-0.3, -0.25) is 19.2 Å². The highest BCUT2D eigenvalue weighted by Crippen LogP contribution is 2.33. The van der Waals surface area contributed by atoms with Crippen LogP contribution in [0.15, 0.2) is 50.7 Å². The number of aromatic hydroxyl groups is 4. The third-order valence-corrected chi connectivity index (χ3v) is 7.25. The average molecular weight is 680 g/mol. The Morgan fingerprint density at radius 3 is 2.24 bits per heavy atom. The molecule has 0 bridgehead atoms. The van der Waals surface area contributed by atoms with Gasteiger partial charge in [-0.2, -0.15) is 0 Å². The van der Waals surface area contributed by atoms with Crippen molar-refractivity contribution in [2.24, 2.45) is 7.05 Å². The molecule has 1 atom stereocenters. The van der Waals surface area contributed by atoms with Gasteiger partial charge in [-0.05, 0) is 18.6 Å². The van der Waals surface area contributed by atoms with Crippen LogP contribution >= 0.6 is 0 Å². The van der Waals surface area contributed by atoms with Crippen LogP contribution in [-0.2, 0) is 39.3 Å². The van der Waals surface area contributed by atoms with Crippen LogP contribution in [0.2, 0.25) is 0 Å². The number of carbonyl (C=O) groups excluding carboxylic acids is 2. The number of carboxylic acid groups (broad SMARTS) is 2. The highest BCUT2D eigenvalue weighted by Gasteiger charge is 2.28. The topological polar surface area (TPSA) is 294 Å². The monoisotopic (exact) mass is 679 g/mol. The second-order valence-electron chi connectivity index (χ2n) is 10.7. The Morgan fingerprint density at radius 2 is 1.57 bits per heavy atom. The van der Waals surface area contributed by atoms with Crippen molar-refractivity contribution in [3.8, 4) is 34.1 Å². The highest BCUT2D eigenvalue weighted by atomic mass is 16.5. The van der Waals surface area contributed by atoms with E-state index in [1.54, 1.807) is 0 Å². The van der Waals surface area contributed by atoms with Gasteiger partial charge in [0.15, 0.2) is 28.4 Å². The summed E-state index contributed by atoms with van der Waals surface area (Å²) in [4.78, 5) is 75.3. The summed E-state index contributed by atoms with van der Waals surface area (Å²) in [5, 5.41) is 67.2. The molecule has 0 radical (unpaired) electrons. The van der Waals surface area contributed by atoms with Gasteiger partial charge >= 0.3 is 17.9 Å². The van der Waals surface area contributed by atoms with Crippen LogP contribution in [0.4, 0.5) is 0 Å². The molecule has 7 N–H and O–H groups in total. The number of esters is 1. The van der Waals surface area contributed by atoms with Crippen molar-refractivity contribution in [1.29, 1.82) is 0 Å². The molecule has 0 saturated heterocycles. The Kier molecular flexibility index (Phi) is 8.91. The summed E-state index contributed by atoms with van der Waals surface area (Å²) in [5.74, 6) is -8.10. The fraction of sp³-hybridized carbons (Fsp3) is 0.200. The van der Waals surface area contributed by atoms with E-state index in [-0.39, 0.29) is 39.6 Å². The maximum absolute atomic E-state index is 13.8. The second kappa shape index (κ2) is 13.1. The molecule has 1 amide bonds. The van der Waals surface area contributed by atoms with Gasteiger partial charge < -0.3 is 49.7 Å². The zero-order valence-electron chi connectivity index (χ0n) is 25.1. The Labute approximate surface area is 271 Å². The number of nitrogens with one attached hydrogen (secondary N) is 1. The first-order chi connectivity index (χ1) is 23.1. The number of pyridine rings is 1. The van der Waals surface area contributed by atoms with Crippen LogP contribution in [0, 0.1) is 0 Å². The van der Waals surface area contributed by atoms with Crippen molar-refractivity contribution >= 4 is 45.7 Å². The number of phenolic OH excluding ortho intramolecular Hbond substituents is 4. The molecule has 0 fully saturated rings. The van der Waals surface area contributed by atoms with Crippen LogP contribution in [-0.4, -0.2) is 80.1 Å². The molecule has 0 saturated carbocycles. The molecule has 0 spiro atoms. The van der Waals surface area contributed by atoms with E-state index in [2.05, 4.69) is 15.6 Å². The van der Waals surface area contributed by atoms with E-state index in [1.165, 1.54) is 24.0 Å². The largest absolute Gasteiger partial charge is 0.504 e. The molecule has 3 aromatic heterocycles. The fourth-order valence-electron chi connectivity index (χ4n) is 4.89. The molecular formula is C30H25N5O14. The molecule has 0 aliphatic carbocycles. The first-order valence-electron chi connectivity index (χ1n) is 14.0. The van der Waals surface area contributed by atoms with Crippen molar-refractivity contribution < 1.29 is 59.0 Å². The standard InChI is InChI=1S/C30H25N5O14/c1-34-9-15(26(43)13-4-18(36)20(38)6-17(13)34)25-27(44)14-5-19(37)21(39)7-22(14)49-28(25)30(47)48-11-12-8-35(33-32-12)10-23(40)31-16(29(45)46)2-3-24(41)42/h4-9,16,36-39H,2-3,10-11H2,1H3,(H,31,40)(H,41,42)(H,45,46).